The van der Waals surface area contributed by atoms with Gasteiger partial charge in [0.15, 0.2) is 5.82 Å². The van der Waals surface area contributed by atoms with Gasteiger partial charge in [-0.25, -0.2) is 14.4 Å². The molecular weight excluding hydrogens is 385 g/mol. The quantitative estimate of drug-likeness (QED) is 0.562. The van der Waals surface area contributed by atoms with Gasteiger partial charge in [-0.1, -0.05) is 12.1 Å². The van der Waals surface area contributed by atoms with E-state index < -0.39 is 5.82 Å². The van der Waals surface area contributed by atoms with Crippen molar-refractivity contribution in [2.45, 2.75) is 12.5 Å². The first-order chi connectivity index (χ1) is 14.7. The van der Waals surface area contributed by atoms with E-state index in [1.54, 1.807) is 24.6 Å². The summed E-state index contributed by atoms with van der Waals surface area (Å²) in [6.07, 6.45) is 6.42. The predicted octanol–water partition coefficient (Wildman–Crippen LogP) is 3.43. The van der Waals surface area contributed by atoms with E-state index in [0.29, 0.717) is 24.6 Å². The van der Waals surface area contributed by atoms with Crippen LogP contribution in [0.4, 0.5) is 10.3 Å². The molecular formula is C22H18FN5O2. The number of nitrogens with zero attached hydrogens (tertiary/aromatic N) is 4. The summed E-state index contributed by atoms with van der Waals surface area (Å²) in [6, 6.07) is 11.0. The summed E-state index contributed by atoms with van der Waals surface area (Å²) in [5, 5.41) is 3.98. The number of halogens is 1. The first-order valence-electron chi connectivity index (χ1n) is 9.63. The number of aromatic nitrogens is 3. The number of rotatable bonds is 4. The number of furan rings is 1. The molecule has 1 saturated heterocycles. The van der Waals surface area contributed by atoms with Gasteiger partial charge in [0, 0.05) is 41.8 Å². The van der Waals surface area contributed by atoms with E-state index in [2.05, 4.69) is 20.3 Å². The Morgan fingerprint density at radius 3 is 2.70 bits per heavy atom. The van der Waals surface area contributed by atoms with E-state index in [1.165, 1.54) is 0 Å². The van der Waals surface area contributed by atoms with Crippen LogP contribution < -0.4 is 10.2 Å². The molecule has 1 amide bonds. The number of carbonyl (C=O) groups is 1. The average Bonchev–Trinajstić information content (AvgIpc) is 3.44. The number of hydrogen-bond acceptors (Lipinski definition) is 6. The van der Waals surface area contributed by atoms with Crippen LogP contribution in [0, 0.1) is 5.82 Å². The maximum absolute atomic E-state index is 13.0. The van der Waals surface area contributed by atoms with Crippen LogP contribution in [0.5, 0.6) is 0 Å². The van der Waals surface area contributed by atoms with E-state index in [1.807, 2.05) is 29.2 Å². The van der Waals surface area contributed by atoms with Crippen LogP contribution in [0.1, 0.15) is 16.8 Å². The number of amides is 1. The monoisotopic (exact) mass is 403 g/mol. The highest BCUT2D eigenvalue weighted by molar-refractivity contribution is 5.96. The van der Waals surface area contributed by atoms with Gasteiger partial charge in [0.05, 0.1) is 24.4 Å². The second kappa shape index (κ2) is 7.55. The highest BCUT2D eigenvalue weighted by atomic mass is 19.1. The van der Waals surface area contributed by atoms with E-state index in [9.17, 15) is 9.18 Å². The lowest BCUT2D eigenvalue weighted by Gasteiger charge is -2.16. The summed E-state index contributed by atoms with van der Waals surface area (Å²) in [5.41, 5.74) is 3.09. The molecule has 0 aliphatic carbocycles. The summed E-state index contributed by atoms with van der Waals surface area (Å²) in [4.78, 5) is 27.1. The molecule has 7 nitrogen and oxygen atoms in total. The van der Waals surface area contributed by atoms with Gasteiger partial charge in [-0.15, -0.1) is 0 Å². The Kier molecular flexibility index (Phi) is 4.59. The fourth-order valence-electron chi connectivity index (χ4n) is 3.70. The molecule has 1 N–H and O–H groups in total. The molecule has 1 aliphatic rings. The minimum Gasteiger partial charge on any atom is -0.464 e. The van der Waals surface area contributed by atoms with Crippen LogP contribution in [-0.4, -0.2) is 40.0 Å². The van der Waals surface area contributed by atoms with Gasteiger partial charge in [-0.3, -0.25) is 9.78 Å². The average molecular weight is 403 g/mol. The summed E-state index contributed by atoms with van der Waals surface area (Å²) < 4.78 is 18.4. The van der Waals surface area contributed by atoms with Crippen LogP contribution in [0.25, 0.3) is 22.2 Å². The van der Waals surface area contributed by atoms with Gasteiger partial charge >= 0.3 is 0 Å². The molecule has 4 aromatic rings. The van der Waals surface area contributed by atoms with Crippen LogP contribution >= 0.6 is 0 Å². The van der Waals surface area contributed by atoms with Crippen molar-refractivity contribution in [1.29, 1.82) is 0 Å². The van der Waals surface area contributed by atoms with Crippen molar-refractivity contribution in [3.63, 3.8) is 0 Å². The van der Waals surface area contributed by atoms with Gasteiger partial charge in [0.2, 0.25) is 5.95 Å². The van der Waals surface area contributed by atoms with E-state index in [4.69, 9.17) is 4.42 Å². The topological polar surface area (TPSA) is 84.2 Å². The molecule has 1 aromatic carbocycles. The van der Waals surface area contributed by atoms with Crippen LogP contribution in [0.3, 0.4) is 0 Å². The molecule has 0 radical (unpaired) electrons. The lowest BCUT2D eigenvalue weighted by atomic mass is 10.1. The molecule has 5 rings (SSSR count). The van der Waals surface area contributed by atoms with E-state index >= 15 is 0 Å². The summed E-state index contributed by atoms with van der Waals surface area (Å²) in [5.74, 6) is -0.133. The van der Waals surface area contributed by atoms with Crippen molar-refractivity contribution >= 4 is 22.8 Å². The molecule has 1 aliphatic heterocycles. The zero-order valence-corrected chi connectivity index (χ0v) is 16.0. The molecule has 1 fully saturated rings. The third kappa shape index (κ3) is 3.47. The Bertz CT molecular complexity index is 1190. The summed E-state index contributed by atoms with van der Waals surface area (Å²) in [7, 11) is 0. The van der Waals surface area contributed by atoms with Gasteiger partial charge < -0.3 is 14.6 Å². The zero-order chi connectivity index (χ0) is 20.5. The molecule has 1 unspecified atom stereocenters. The zero-order valence-electron chi connectivity index (χ0n) is 16.0. The molecule has 0 saturated carbocycles. The third-order valence-corrected chi connectivity index (χ3v) is 5.21. The summed E-state index contributed by atoms with van der Waals surface area (Å²) >= 11 is 0. The lowest BCUT2D eigenvalue weighted by molar-refractivity contribution is 0.0940. The minimum absolute atomic E-state index is 0.0211. The van der Waals surface area contributed by atoms with Crippen molar-refractivity contribution in [1.82, 2.24) is 20.3 Å². The molecule has 0 bridgehead atoms. The summed E-state index contributed by atoms with van der Waals surface area (Å²) in [6.45, 7) is 1.29. The smallest absolute Gasteiger partial charge is 0.251 e. The third-order valence-electron chi connectivity index (χ3n) is 5.21. The van der Waals surface area contributed by atoms with E-state index in [0.717, 1.165) is 41.0 Å². The standard InChI is InChI=1S/C22H18FN5O2/c23-16-11-25-22(26-12-16)28-9-6-17(13-28)27-21(29)15-3-1-14(2-4-15)20-18-7-10-30-19(18)5-8-24-20/h1-5,7-8,10-12,17H,6,9,13H2,(H,27,29). The second-order valence-electron chi connectivity index (χ2n) is 7.18. The van der Waals surface area contributed by atoms with Crippen molar-refractivity contribution in [2.24, 2.45) is 0 Å². The minimum atomic E-state index is -0.467. The van der Waals surface area contributed by atoms with Gasteiger partial charge in [-0.2, -0.15) is 0 Å². The Morgan fingerprint density at radius 1 is 1.10 bits per heavy atom. The van der Waals surface area contributed by atoms with Crippen LogP contribution in [-0.2, 0) is 0 Å². The Morgan fingerprint density at radius 2 is 1.90 bits per heavy atom. The Hall–Kier alpha value is -3.81. The molecule has 4 heterocycles. The van der Waals surface area contributed by atoms with Crippen molar-refractivity contribution in [3.05, 3.63) is 72.6 Å². The number of fused-ring (bicyclic) bond motifs is 1. The highest BCUT2D eigenvalue weighted by Crippen LogP contribution is 2.27. The van der Waals surface area contributed by atoms with Crippen LogP contribution in [0.2, 0.25) is 0 Å². The molecule has 30 heavy (non-hydrogen) atoms. The van der Waals surface area contributed by atoms with Gasteiger partial charge in [-0.05, 0) is 30.7 Å². The lowest BCUT2D eigenvalue weighted by Crippen LogP contribution is -2.37. The van der Waals surface area contributed by atoms with Crippen LogP contribution in [0.15, 0.2) is 65.7 Å². The van der Waals surface area contributed by atoms with E-state index in [-0.39, 0.29) is 11.9 Å². The Balaban J connectivity index is 1.26. The first kappa shape index (κ1) is 18.2. The molecule has 0 spiro atoms. The maximum Gasteiger partial charge on any atom is 0.251 e. The largest absolute Gasteiger partial charge is 0.464 e. The number of hydrogen-bond donors (Lipinski definition) is 1. The van der Waals surface area contributed by atoms with Gasteiger partial charge in [0.25, 0.3) is 5.91 Å². The first-order valence-corrected chi connectivity index (χ1v) is 9.63. The van der Waals surface area contributed by atoms with Crippen molar-refractivity contribution in [3.8, 4) is 11.3 Å². The Labute approximate surface area is 171 Å². The second-order valence-corrected chi connectivity index (χ2v) is 7.18. The molecule has 8 heteroatoms. The molecule has 3 aromatic heterocycles. The predicted molar refractivity (Wildman–Crippen MR) is 110 cm³/mol. The SMILES string of the molecule is O=C(NC1CCN(c2ncc(F)cn2)C1)c1ccc(-c2nccc3occc23)cc1. The number of carbonyl (C=O) groups excluding carboxylic acids is 1. The number of anilines is 1. The number of pyridine rings is 1. The van der Waals surface area contributed by atoms with Gasteiger partial charge in [0.1, 0.15) is 5.58 Å². The number of nitrogens with one attached hydrogen (secondary N) is 1. The fourth-order valence-corrected chi connectivity index (χ4v) is 3.70. The molecule has 1 atom stereocenters. The van der Waals surface area contributed by atoms with Crippen molar-refractivity contribution < 1.29 is 13.6 Å². The molecule has 150 valence electrons. The fraction of sp³-hybridized carbons (Fsp3) is 0.182. The van der Waals surface area contributed by atoms with Crippen molar-refractivity contribution in [2.75, 3.05) is 18.0 Å². The number of benzene rings is 1. The normalized spacial score (nSPS) is 16.2. The maximum atomic E-state index is 13.0. The highest BCUT2D eigenvalue weighted by Gasteiger charge is 2.26.